The second-order valence-corrected chi connectivity index (χ2v) is 7.62. The van der Waals surface area contributed by atoms with Crippen LogP contribution in [0.3, 0.4) is 0 Å². The molecule has 0 rings (SSSR count). The number of halogens is 1. The summed E-state index contributed by atoms with van der Waals surface area (Å²) >= 11 is 0. The molecule has 0 aromatic rings. The molecule has 0 heterocycles. The number of hydrogen-bond donors (Lipinski definition) is 0. The first-order chi connectivity index (χ1) is 12.8. The van der Waals surface area contributed by atoms with Crippen molar-refractivity contribution in [2.45, 2.75) is 118 Å². The Morgan fingerprint density at radius 1 is 0.481 bits per heavy atom. The van der Waals surface area contributed by atoms with Crippen LogP contribution in [0.2, 0.25) is 0 Å². The van der Waals surface area contributed by atoms with E-state index in [-0.39, 0.29) is 4.70 Å². The zero-order valence-corrected chi connectivity index (χ0v) is 19.2. The number of hydrogen-bond acceptors (Lipinski definition) is 2. The predicted octanol–water partition coefficient (Wildman–Crippen LogP) is 7.76. The van der Waals surface area contributed by atoms with Gasteiger partial charge in [0.05, 0.1) is 0 Å². The highest BCUT2D eigenvalue weighted by molar-refractivity contribution is 4.81. The molecule has 0 spiro atoms. The van der Waals surface area contributed by atoms with Gasteiger partial charge in [0, 0.05) is 26.2 Å². The van der Waals surface area contributed by atoms with Crippen LogP contribution in [0.5, 0.6) is 0 Å². The zero-order chi connectivity index (χ0) is 19.3. The molecular formula is C24H51FN2. The fraction of sp³-hybridized carbons (Fsp3) is 0.917. The third-order valence-electron chi connectivity index (χ3n) is 5.42. The molecule has 0 radical (unpaired) electrons. The van der Waals surface area contributed by atoms with Crippen LogP contribution in [0, 0.1) is 0 Å². The Morgan fingerprint density at radius 3 is 1.33 bits per heavy atom. The number of nitrogens with zero attached hydrogens (tertiary/aromatic N) is 2. The second kappa shape index (κ2) is 23.6. The number of hydrazine groups is 1. The number of unbranched alkanes of at least 4 members (excludes halogenated alkanes) is 12. The van der Waals surface area contributed by atoms with E-state index in [4.69, 9.17) is 0 Å². The van der Waals surface area contributed by atoms with Gasteiger partial charge in [0.15, 0.2) is 0 Å². The summed E-state index contributed by atoms with van der Waals surface area (Å²) in [5.41, 5.74) is 0. The van der Waals surface area contributed by atoms with Crippen molar-refractivity contribution in [3.05, 3.63) is 12.2 Å². The van der Waals surface area contributed by atoms with Gasteiger partial charge >= 0.3 is 0 Å². The molecule has 0 atom stereocenters. The van der Waals surface area contributed by atoms with Gasteiger partial charge in [-0.25, -0.2) is 10.0 Å². The van der Waals surface area contributed by atoms with Crippen LogP contribution >= 0.6 is 0 Å². The van der Waals surface area contributed by atoms with Crippen LogP contribution in [-0.4, -0.2) is 36.2 Å². The normalized spacial score (nSPS) is 11.6. The summed E-state index contributed by atoms with van der Waals surface area (Å²) in [7, 11) is 0. The van der Waals surface area contributed by atoms with Gasteiger partial charge in [-0.2, -0.15) is 0 Å². The molecule has 0 saturated heterocycles. The first-order valence-electron chi connectivity index (χ1n) is 11.9. The fourth-order valence-electron chi connectivity index (χ4n) is 3.66. The monoisotopic (exact) mass is 386 g/mol. The van der Waals surface area contributed by atoms with Crippen LogP contribution in [0.15, 0.2) is 12.2 Å². The molecule has 0 aliphatic rings. The van der Waals surface area contributed by atoms with E-state index in [0.717, 1.165) is 19.6 Å². The summed E-state index contributed by atoms with van der Waals surface area (Å²) < 4.78 is 0. The van der Waals surface area contributed by atoms with Crippen molar-refractivity contribution < 1.29 is 4.70 Å². The van der Waals surface area contributed by atoms with Gasteiger partial charge in [-0.05, 0) is 32.1 Å². The van der Waals surface area contributed by atoms with Crippen molar-refractivity contribution in [2.24, 2.45) is 0 Å². The van der Waals surface area contributed by atoms with Crippen molar-refractivity contribution in [2.75, 3.05) is 26.2 Å². The van der Waals surface area contributed by atoms with E-state index in [1.807, 2.05) is 0 Å². The van der Waals surface area contributed by atoms with Gasteiger partial charge in [-0.15, -0.1) is 0 Å². The molecule has 0 aliphatic heterocycles. The van der Waals surface area contributed by atoms with Crippen molar-refractivity contribution >= 4 is 0 Å². The highest BCUT2D eigenvalue weighted by Crippen LogP contribution is 2.10. The minimum Gasteiger partial charge on any atom is -0.269 e. The first-order valence-corrected chi connectivity index (χ1v) is 11.9. The van der Waals surface area contributed by atoms with Crippen molar-refractivity contribution in [3.63, 3.8) is 0 Å². The topological polar surface area (TPSA) is 6.48 Å². The van der Waals surface area contributed by atoms with Crippen molar-refractivity contribution in [3.8, 4) is 0 Å². The molecule has 0 saturated carbocycles. The SMILES string of the molecule is CCCCCCCC/C=C\CCCCCCCCN(CC)N(CC)CC.F. The van der Waals surface area contributed by atoms with E-state index < -0.39 is 0 Å². The summed E-state index contributed by atoms with van der Waals surface area (Å²) in [6, 6.07) is 0. The third-order valence-corrected chi connectivity index (χ3v) is 5.42. The highest BCUT2D eigenvalue weighted by Gasteiger charge is 2.08. The lowest BCUT2D eigenvalue weighted by Gasteiger charge is -2.32. The maximum atomic E-state index is 2.52. The van der Waals surface area contributed by atoms with E-state index >= 15 is 0 Å². The van der Waals surface area contributed by atoms with Gasteiger partial charge < -0.3 is 0 Å². The second-order valence-electron chi connectivity index (χ2n) is 7.62. The van der Waals surface area contributed by atoms with Crippen LogP contribution in [0.25, 0.3) is 0 Å². The van der Waals surface area contributed by atoms with Crippen molar-refractivity contribution in [1.29, 1.82) is 0 Å². The van der Waals surface area contributed by atoms with Gasteiger partial charge in [0.25, 0.3) is 0 Å². The van der Waals surface area contributed by atoms with E-state index in [9.17, 15) is 0 Å². The highest BCUT2D eigenvalue weighted by atomic mass is 19.0. The van der Waals surface area contributed by atoms with E-state index in [1.165, 1.54) is 96.4 Å². The summed E-state index contributed by atoms with van der Waals surface area (Å²) in [6.07, 6.45) is 24.3. The molecule has 2 nitrogen and oxygen atoms in total. The quantitative estimate of drug-likeness (QED) is 0.120. The summed E-state index contributed by atoms with van der Waals surface area (Å²) in [6.45, 7) is 13.7. The molecule has 0 unspecified atom stereocenters. The Labute approximate surface area is 171 Å². The Kier molecular flexibility index (Phi) is 25.2. The van der Waals surface area contributed by atoms with Crippen LogP contribution in [0.1, 0.15) is 118 Å². The van der Waals surface area contributed by atoms with Gasteiger partial charge in [-0.1, -0.05) is 97.6 Å². The summed E-state index contributed by atoms with van der Waals surface area (Å²) in [4.78, 5) is 0. The molecule has 164 valence electrons. The Bertz CT molecular complexity index is 290. The standard InChI is InChI=1S/C24H50N2.FH/c1-5-9-10-11-12-13-14-15-16-17-18-19-20-21-22-23-24-26(8-4)25(6-2)7-3;/h15-16H,5-14,17-24H2,1-4H3;1H/b16-15-;. The maximum absolute atomic E-state index is 2.52. The van der Waals surface area contributed by atoms with E-state index in [0.29, 0.717) is 0 Å². The molecule has 0 bridgehead atoms. The molecule has 0 aromatic carbocycles. The largest absolute Gasteiger partial charge is 0.269 e. The maximum Gasteiger partial charge on any atom is 0.0133 e. The summed E-state index contributed by atoms with van der Waals surface area (Å²) in [5.74, 6) is 0. The Balaban J connectivity index is 0. The first kappa shape index (κ1) is 28.8. The average Bonchev–Trinajstić information content (AvgIpc) is 2.66. The molecule has 0 amide bonds. The van der Waals surface area contributed by atoms with Crippen LogP contribution in [0.4, 0.5) is 4.70 Å². The molecule has 3 heteroatoms. The van der Waals surface area contributed by atoms with Crippen molar-refractivity contribution in [1.82, 2.24) is 10.0 Å². The molecule has 0 N–H and O–H groups in total. The predicted molar refractivity (Wildman–Crippen MR) is 122 cm³/mol. The minimum atomic E-state index is 0. The lowest BCUT2D eigenvalue weighted by Crippen LogP contribution is -2.42. The van der Waals surface area contributed by atoms with E-state index in [2.05, 4.69) is 49.9 Å². The van der Waals surface area contributed by atoms with E-state index in [1.54, 1.807) is 0 Å². The van der Waals surface area contributed by atoms with Crippen LogP contribution < -0.4 is 0 Å². The third kappa shape index (κ3) is 18.7. The lowest BCUT2D eigenvalue weighted by molar-refractivity contribution is -0.0129. The molecule has 0 aromatic heterocycles. The lowest BCUT2D eigenvalue weighted by atomic mass is 10.1. The van der Waals surface area contributed by atoms with Crippen LogP contribution in [-0.2, 0) is 0 Å². The fourth-order valence-corrected chi connectivity index (χ4v) is 3.66. The Morgan fingerprint density at radius 2 is 0.889 bits per heavy atom. The minimum absolute atomic E-state index is 0. The summed E-state index contributed by atoms with van der Waals surface area (Å²) in [5, 5.41) is 4.99. The zero-order valence-electron chi connectivity index (χ0n) is 19.2. The van der Waals surface area contributed by atoms with Gasteiger partial charge in [0.1, 0.15) is 0 Å². The Hall–Kier alpha value is -0.410. The van der Waals surface area contributed by atoms with Gasteiger partial charge in [0.2, 0.25) is 0 Å². The molecule has 27 heavy (non-hydrogen) atoms. The van der Waals surface area contributed by atoms with Gasteiger partial charge in [-0.3, -0.25) is 4.70 Å². The number of allylic oxidation sites excluding steroid dienone is 2. The molecule has 0 fully saturated rings. The average molecular weight is 387 g/mol. The molecule has 0 aliphatic carbocycles. The number of rotatable bonds is 20. The smallest absolute Gasteiger partial charge is 0.0133 e. The molecular weight excluding hydrogens is 335 g/mol.